The SMILES string of the molecule is COc1cc(N)ccc1CN(C)Cc1ccc(Cl)s1. The Labute approximate surface area is 122 Å². The zero-order chi connectivity index (χ0) is 13.8. The van der Waals surface area contributed by atoms with Gasteiger partial charge < -0.3 is 10.5 Å². The van der Waals surface area contributed by atoms with Crippen molar-refractivity contribution in [2.45, 2.75) is 13.1 Å². The molecule has 2 aromatic rings. The molecule has 0 radical (unpaired) electrons. The molecule has 102 valence electrons. The molecule has 3 nitrogen and oxygen atoms in total. The summed E-state index contributed by atoms with van der Waals surface area (Å²) in [5.74, 6) is 0.830. The van der Waals surface area contributed by atoms with Gasteiger partial charge in [0, 0.05) is 35.3 Å². The molecule has 0 fully saturated rings. The van der Waals surface area contributed by atoms with E-state index in [0.717, 1.165) is 28.7 Å². The maximum atomic E-state index is 5.94. The maximum Gasteiger partial charge on any atom is 0.125 e. The second-order valence-corrected chi connectivity index (χ2v) is 6.25. The molecular weight excluding hydrogens is 280 g/mol. The number of benzene rings is 1. The van der Waals surface area contributed by atoms with Gasteiger partial charge in [0.25, 0.3) is 0 Å². The summed E-state index contributed by atoms with van der Waals surface area (Å²) in [6.45, 7) is 1.67. The topological polar surface area (TPSA) is 38.5 Å². The minimum Gasteiger partial charge on any atom is -0.496 e. The van der Waals surface area contributed by atoms with Gasteiger partial charge in [-0.05, 0) is 25.2 Å². The van der Waals surface area contributed by atoms with E-state index in [0.29, 0.717) is 5.69 Å². The third kappa shape index (κ3) is 3.86. The van der Waals surface area contributed by atoms with Crippen molar-refractivity contribution in [3.63, 3.8) is 0 Å². The molecule has 2 N–H and O–H groups in total. The molecule has 0 unspecified atom stereocenters. The molecule has 0 bridgehead atoms. The van der Waals surface area contributed by atoms with Crippen LogP contribution in [0.4, 0.5) is 5.69 Å². The molecular formula is C14H17ClN2OS. The molecule has 0 saturated heterocycles. The first-order chi connectivity index (χ1) is 9.08. The number of halogens is 1. The number of nitrogens with two attached hydrogens (primary N) is 1. The van der Waals surface area contributed by atoms with E-state index < -0.39 is 0 Å². The van der Waals surface area contributed by atoms with Gasteiger partial charge in [0.15, 0.2) is 0 Å². The molecule has 5 heteroatoms. The van der Waals surface area contributed by atoms with Gasteiger partial charge in [-0.15, -0.1) is 11.3 Å². The monoisotopic (exact) mass is 296 g/mol. The summed E-state index contributed by atoms with van der Waals surface area (Å²) in [4.78, 5) is 3.47. The second kappa shape index (κ2) is 6.28. The van der Waals surface area contributed by atoms with Crippen LogP contribution in [0.1, 0.15) is 10.4 Å². The van der Waals surface area contributed by atoms with Gasteiger partial charge in [-0.3, -0.25) is 4.90 Å². The molecule has 19 heavy (non-hydrogen) atoms. The zero-order valence-electron chi connectivity index (χ0n) is 11.0. The van der Waals surface area contributed by atoms with Crippen molar-refractivity contribution < 1.29 is 4.74 Å². The van der Waals surface area contributed by atoms with Crippen molar-refractivity contribution in [2.24, 2.45) is 0 Å². The molecule has 0 aliphatic heterocycles. The van der Waals surface area contributed by atoms with Gasteiger partial charge in [-0.1, -0.05) is 17.7 Å². The Morgan fingerprint density at radius 1 is 1.26 bits per heavy atom. The Bertz CT molecular complexity index is 556. The van der Waals surface area contributed by atoms with E-state index in [1.54, 1.807) is 18.4 Å². The number of hydrogen-bond acceptors (Lipinski definition) is 4. The lowest BCUT2D eigenvalue weighted by Gasteiger charge is -2.18. The summed E-state index contributed by atoms with van der Waals surface area (Å²) in [5.41, 5.74) is 7.60. The van der Waals surface area contributed by atoms with Crippen molar-refractivity contribution in [3.8, 4) is 5.75 Å². The Balaban J connectivity index is 2.04. The average Bonchev–Trinajstić information content (AvgIpc) is 2.76. The van der Waals surface area contributed by atoms with Gasteiger partial charge in [0.1, 0.15) is 5.75 Å². The van der Waals surface area contributed by atoms with Crippen molar-refractivity contribution in [2.75, 3.05) is 19.9 Å². The van der Waals surface area contributed by atoms with Crippen LogP contribution in [0.3, 0.4) is 0 Å². The minimum atomic E-state index is 0.716. The fourth-order valence-electron chi connectivity index (χ4n) is 1.94. The number of nitrogen functional groups attached to an aromatic ring is 1. The number of methoxy groups -OCH3 is 1. The third-order valence-electron chi connectivity index (χ3n) is 2.81. The summed E-state index contributed by atoms with van der Waals surface area (Å²) < 4.78 is 6.18. The normalized spacial score (nSPS) is 10.9. The minimum absolute atomic E-state index is 0.716. The van der Waals surface area contributed by atoms with Crippen LogP contribution in [0.25, 0.3) is 0 Å². The molecule has 1 aromatic carbocycles. The van der Waals surface area contributed by atoms with E-state index in [9.17, 15) is 0 Å². The number of anilines is 1. The van der Waals surface area contributed by atoms with E-state index >= 15 is 0 Å². The smallest absolute Gasteiger partial charge is 0.125 e. The van der Waals surface area contributed by atoms with E-state index in [2.05, 4.69) is 18.0 Å². The molecule has 0 saturated carbocycles. The first-order valence-corrected chi connectivity index (χ1v) is 7.13. The fourth-order valence-corrected chi connectivity index (χ4v) is 3.11. The van der Waals surface area contributed by atoms with Gasteiger partial charge >= 0.3 is 0 Å². The molecule has 0 aliphatic carbocycles. The lowest BCUT2D eigenvalue weighted by Crippen LogP contribution is -2.17. The zero-order valence-corrected chi connectivity index (χ0v) is 12.6. The van der Waals surface area contributed by atoms with Crippen LogP contribution in [0.15, 0.2) is 30.3 Å². The lowest BCUT2D eigenvalue weighted by atomic mass is 10.1. The van der Waals surface area contributed by atoms with E-state index in [-0.39, 0.29) is 0 Å². The highest BCUT2D eigenvalue weighted by atomic mass is 35.5. The number of thiophene rings is 1. The Morgan fingerprint density at radius 2 is 2.05 bits per heavy atom. The quantitative estimate of drug-likeness (QED) is 0.856. The number of nitrogens with zero attached hydrogens (tertiary/aromatic N) is 1. The van der Waals surface area contributed by atoms with Crippen molar-refractivity contribution in [1.82, 2.24) is 4.90 Å². The molecule has 0 aliphatic rings. The van der Waals surface area contributed by atoms with Gasteiger partial charge in [0.05, 0.1) is 11.4 Å². The van der Waals surface area contributed by atoms with Crippen LogP contribution in [0.5, 0.6) is 5.75 Å². The largest absolute Gasteiger partial charge is 0.496 e. The van der Waals surface area contributed by atoms with Crippen molar-refractivity contribution >= 4 is 28.6 Å². The second-order valence-electron chi connectivity index (χ2n) is 4.45. The lowest BCUT2D eigenvalue weighted by molar-refractivity contribution is 0.312. The number of rotatable bonds is 5. The van der Waals surface area contributed by atoms with Gasteiger partial charge in [-0.2, -0.15) is 0 Å². The van der Waals surface area contributed by atoms with Crippen LogP contribution < -0.4 is 10.5 Å². The summed E-state index contributed by atoms with van der Waals surface area (Å²) in [7, 11) is 3.74. The van der Waals surface area contributed by atoms with Crippen LogP contribution >= 0.6 is 22.9 Å². The Kier molecular flexibility index (Phi) is 4.69. The van der Waals surface area contributed by atoms with Crippen molar-refractivity contribution in [1.29, 1.82) is 0 Å². The summed E-state index contributed by atoms with van der Waals surface area (Å²) in [6, 6.07) is 9.74. The predicted molar refractivity (Wildman–Crippen MR) is 81.9 cm³/mol. The van der Waals surface area contributed by atoms with Gasteiger partial charge in [0.2, 0.25) is 0 Å². The molecule has 0 spiro atoms. The van der Waals surface area contributed by atoms with Crippen LogP contribution in [-0.4, -0.2) is 19.1 Å². The van der Waals surface area contributed by atoms with Crippen molar-refractivity contribution in [3.05, 3.63) is 45.1 Å². The maximum absolute atomic E-state index is 5.94. The average molecular weight is 297 g/mol. The van der Waals surface area contributed by atoms with Crippen LogP contribution in [0, 0.1) is 0 Å². The first-order valence-electron chi connectivity index (χ1n) is 5.93. The van der Waals surface area contributed by atoms with E-state index in [4.69, 9.17) is 22.1 Å². The highest BCUT2D eigenvalue weighted by molar-refractivity contribution is 7.16. The third-order valence-corrected chi connectivity index (χ3v) is 4.02. The van der Waals surface area contributed by atoms with Crippen LogP contribution in [0.2, 0.25) is 4.34 Å². The first kappa shape index (κ1) is 14.2. The number of hydrogen-bond donors (Lipinski definition) is 1. The summed E-state index contributed by atoms with van der Waals surface area (Å²) in [5, 5.41) is 0. The predicted octanol–water partition coefficient (Wildman–Crippen LogP) is 3.62. The number of ether oxygens (including phenoxy) is 1. The molecule has 2 rings (SSSR count). The molecule has 0 atom stereocenters. The Hall–Kier alpha value is -1.23. The standard InChI is InChI=1S/C14H17ClN2OS/c1-17(9-12-5-6-14(15)19-12)8-10-3-4-11(16)7-13(10)18-2/h3-7H,8-9,16H2,1-2H3. The van der Waals surface area contributed by atoms with Crippen LogP contribution in [-0.2, 0) is 13.1 Å². The molecule has 0 amide bonds. The summed E-state index contributed by atoms with van der Waals surface area (Å²) >= 11 is 7.55. The fraction of sp³-hybridized carbons (Fsp3) is 0.286. The van der Waals surface area contributed by atoms with E-state index in [1.165, 1.54) is 4.88 Å². The highest BCUT2D eigenvalue weighted by Gasteiger charge is 2.08. The van der Waals surface area contributed by atoms with Gasteiger partial charge in [-0.25, -0.2) is 0 Å². The molecule has 1 heterocycles. The summed E-state index contributed by atoms with van der Waals surface area (Å²) in [6.07, 6.45) is 0. The molecule has 1 aromatic heterocycles. The van der Waals surface area contributed by atoms with E-state index in [1.807, 2.05) is 24.3 Å². The Morgan fingerprint density at radius 3 is 2.68 bits per heavy atom. The highest BCUT2D eigenvalue weighted by Crippen LogP contribution is 2.25.